The fraction of sp³-hybridized carbons (Fsp3) is 0.333. The highest BCUT2D eigenvalue weighted by Crippen LogP contribution is 2.22. The van der Waals surface area contributed by atoms with Gasteiger partial charge in [-0.25, -0.2) is 4.39 Å². The lowest BCUT2D eigenvalue weighted by atomic mass is 10.0. The minimum Gasteiger partial charge on any atom is -0.377 e. The van der Waals surface area contributed by atoms with Crippen LogP contribution < -0.4 is 5.32 Å². The summed E-state index contributed by atoms with van der Waals surface area (Å²) in [6.07, 6.45) is 0.156. The van der Waals surface area contributed by atoms with Gasteiger partial charge in [-0.1, -0.05) is 12.1 Å². The van der Waals surface area contributed by atoms with Gasteiger partial charge in [0.05, 0.1) is 25.2 Å². The molecule has 1 aliphatic heterocycles. The lowest BCUT2D eigenvalue weighted by molar-refractivity contribution is -0.115. The van der Waals surface area contributed by atoms with Crippen molar-refractivity contribution in [2.24, 2.45) is 0 Å². The highest BCUT2D eigenvalue weighted by atomic mass is 19.1. The number of hydrogen-bond acceptors (Lipinski definition) is 3. The molecule has 27 heavy (non-hydrogen) atoms. The number of nitrogens with one attached hydrogen (secondary N) is 1. The summed E-state index contributed by atoms with van der Waals surface area (Å²) >= 11 is 0. The number of hydrogen-bond donors (Lipinski definition) is 1. The van der Waals surface area contributed by atoms with Crippen molar-refractivity contribution in [1.29, 1.82) is 0 Å². The molecule has 0 bridgehead atoms. The van der Waals surface area contributed by atoms with E-state index in [1.807, 2.05) is 18.7 Å². The molecule has 2 aromatic rings. The predicted molar refractivity (Wildman–Crippen MR) is 101 cm³/mol. The van der Waals surface area contributed by atoms with Crippen molar-refractivity contribution >= 4 is 17.5 Å². The van der Waals surface area contributed by atoms with E-state index in [0.29, 0.717) is 31.0 Å². The van der Waals surface area contributed by atoms with E-state index in [0.717, 1.165) is 5.56 Å². The maximum atomic E-state index is 12.9. The number of carbonyl (C=O) groups is 2. The zero-order chi connectivity index (χ0) is 19.4. The van der Waals surface area contributed by atoms with E-state index in [1.54, 1.807) is 36.4 Å². The van der Waals surface area contributed by atoms with Gasteiger partial charge in [-0.3, -0.25) is 9.59 Å². The van der Waals surface area contributed by atoms with Crippen LogP contribution in [0.15, 0.2) is 48.5 Å². The molecule has 0 unspecified atom stereocenters. The topological polar surface area (TPSA) is 58.6 Å². The molecule has 1 heterocycles. The van der Waals surface area contributed by atoms with Crippen molar-refractivity contribution < 1.29 is 18.7 Å². The quantitative estimate of drug-likeness (QED) is 0.899. The first-order chi connectivity index (χ1) is 12.8. The maximum Gasteiger partial charge on any atom is 0.254 e. The first-order valence-electron chi connectivity index (χ1n) is 8.89. The third-order valence-corrected chi connectivity index (χ3v) is 4.58. The third-order valence-electron chi connectivity index (χ3n) is 4.58. The minimum atomic E-state index is -0.350. The first kappa shape index (κ1) is 19.0. The summed E-state index contributed by atoms with van der Waals surface area (Å²) < 4.78 is 18.4. The summed E-state index contributed by atoms with van der Waals surface area (Å²) in [4.78, 5) is 26.7. The monoisotopic (exact) mass is 370 g/mol. The zero-order valence-corrected chi connectivity index (χ0v) is 15.5. The van der Waals surface area contributed by atoms with Gasteiger partial charge in [-0.15, -0.1) is 0 Å². The average Bonchev–Trinajstić information content (AvgIpc) is 2.63. The molecule has 0 spiro atoms. The van der Waals surface area contributed by atoms with Crippen molar-refractivity contribution in [3.63, 3.8) is 0 Å². The SMILES string of the molecule is CC1(C)COCCN1C(=O)c1ccc(NC(=O)Cc2ccc(F)cc2)cc1. The van der Waals surface area contributed by atoms with E-state index in [-0.39, 0.29) is 29.6 Å². The summed E-state index contributed by atoms with van der Waals surface area (Å²) in [7, 11) is 0. The Kier molecular flexibility index (Phi) is 5.56. The second-order valence-electron chi connectivity index (χ2n) is 7.25. The van der Waals surface area contributed by atoms with E-state index < -0.39 is 0 Å². The molecule has 142 valence electrons. The Morgan fingerprint density at radius 2 is 1.78 bits per heavy atom. The number of halogens is 1. The first-order valence-corrected chi connectivity index (χ1v) is 8.89. The van der Waals surface area contributed by atoms with Crippen molar-refractivity contribution in [2.45, 2.75) is 25.8 Å². The van der Waals surface area contributed by atoms with Crippen molar-refractivity contribution in [3.8, 4) is 0 Å². The largest absolute Gasteiger partial charge is 0.377 e. The Balaban J connectivity index is 1.62. The lowest BCUT2D eigenvalue weighted by Gasteiger charge is -2.42. The normalized spacial score (nSPS) is 16.0. The second-order valence-corrected chi connectivity index (χ2v) is 7.25. The summed E-state index contributed by atoms with van der Waals surface area (Å²) in [5.41, 5.74) is 1.56. The average molecular weight is 370 g/mol. The van der Waals surface area contributed by atoms with Crippen molar-refractivity contribution in [2.75, 3.05) is 25.1 Å². The smallest absolute Gasteiger partial charge is 0.254 e. The summed E-state index contributed by atoms with van der Waals surface area (Å²) in [5.74, 6) is -0.578. The van der Waals surface area contributed by atoms with Crippen LogP contribution in [0.25, 0.3) is 0 Å². The zero-order valence-electron chi connectivity index (χ0n) is 15.5. The Hall–Kier alpha value is -2.73. The standard InChI is InChI=1S/C21H23FN2O3/c1-21(2)14-27-12-11-24(21)20(26)16-5-9-18(10-6-16)23-19(25)13-15-3-7-17(22)8-4-15/h3-10H,11-14H2,1-2H3,(H,23,25). The maximum absolute atomic E-state index is 12.9. The summed E-state index contributed by atoms with van der Waals surface area (Å²) in [6, 6.07) is 12.7. The molecule has 6 heteroatoms. The number of morpholine rings is 1. The van der Waals surface area contributed by atoms with Gasteiger partial charge in [-0.05, 0) is 55.8 Å². The van der Waals surface area contributed by atoms with Crippen molar-refractivity contribution in [1.82, 2.24) is 4.90 Å². The Labute approximate surface area is 158 Å². The summed E-state index contributed by atoms with van der Waals surface area (Å²) in [6.45, 7) is 5.56. The number of rotatable bonds is 4. The van der Waals surface area contributed by atoms with Crippen LogP contribution in [0.2, 0.25) is 0 Å². The lowest BCUT2D eigenvalue weighted by Crippen LogP contribution is -2.55. The number of amides is 2. The second kappa shape index (κ2) is 7.88. The van der Waals surface area contributed by atoms with Crippen LogP contribution >= 0.6 is 0 Å². The fourth-order valence-corrected chi connectivity index (χ4v) is 3.08. The third kappa shape index (κ3) is 4.71. The van der Waals surface area contributed by atoms with E-state index in [2.05, 4.69) is 5.32 Å². The van der Waals surface area contributed by atoms with Crippen LogP contribution in [0.3, 0.4) is 0 Å². The number of ether oxygens (including phenoxy) is 1. The Bertz CT molecular complexity index is 816. The van der Waals surface area contributed by atoms with Crippen LogP contribution in [0.5, 0.6) is 0 Å². The molecule has 2 aromatic carbocycles. The molecule has 0 saturated carbocycles. The van der Waals surface area contributed by atoms with Gasteiger partial charge in [0.1, 0.15) is 5.82 Å². The van der Waals surface area contributed by atoms with Gasteiger partial charge in [0, 0.05) is 17.8 Å². The Morgan fingerprint density at radius 3 is 2.41 bits per heavy atom. The van der Waals surface area contributed by atoms with Gasteiger partial charge < -0.3 is 15.0 Å². The molecule has 3 rings (SSSR count). The molecular weight excluding hydrogens is 347 g/mol. The van der Waals surface area contributed by atoms with Gasteiger partial charge in [0.15, 0.2) is 0 Å². The minimum absolute atomic E-state index is 0.0486. The van der Waals surface area contributed by atoms with Gasteiger partial charge in [0.25, 0.3) is 5.91 Å². The van der Waals surface area contributed by atoms with Gasteiger partial charge >= 0.3 is 0 Å². The van der Waals surface area contributed by atoms with E-state index in [4.69, 9.17) is 4.74 Å². The van der Waals surface area contributed by atoms with E-state index >= 15 is 0 Å². The molecule has 0 aliphatic carbocycles. The molecule has 0 aromatic heterocycles. The molecular formula is C21H23FN2O3. The number of anilines is 1. The summed E-state index contributed by atoms with van der Waals surface area (Å²) in [5, 5.41) is 2.79. The number of nitrogens with zero attached hydrogens (tertiary/aromatic N) is 1. The number of carbonyl (C=O) groups excluding carboxylic acids is 2. The van der Waals surface area contributed by atoms with Gasteiger partial charge in [-0.2, -0.15) is 0 Å². The molecule has 0 radical (unpaired) electrons. The number of benzene rings is 2. The molecule has 2 amide bonds. The molecule has 1 saturated heterocycles. The van der Waals surface area contributed by atoms with E-state index in [1.165, 1.54) is 12.1 Å². The molecule has 5 nitrogen and oxygen atoms in total. The van der Waals surface area contributed by atoms with E-state index in [9.17, 15) is 14.0 Å². The molecule has 0 atom stereocenters. The molecule has 1 aliphatic rings. The predicted octanol–water partition coefficient (Wildman–Crippen LogP) is 3.26. The molecule has 1 N–H and O–H groups in total. The van der Waals surface area contributed by atoms with Crippen LogP contribution in [0.1, 0.15) is 29.8 Å². The van der Waals surface area contributed by atoms with Crippen LogP contribution in [0.4, 0.5) is 10.1 Å². The van der Waals surface area contributed by atoms with Crippen LogP contribution in [-0.4, -0.2) is 42.0 Å². The molecule has 1 fully saturated rings. The van der Waals surface area contributed by atoms with Crippen LogP contribution in [0, 0.1) is 5.82 Å². The Morgan fingerprint density at radius 1 is 1.11 bits per heavy atom. The van der Waals surface area contributed by atoms with Crippen molar-refractivity contribution in [3.05, 3.63) is 65.5 Å². The van der Waals surface area contributed by atoms with Crippen LogP contribution in [-0.2, 0) is 16.0 Å². The highest BCUT2D eigenvalue weighted by Gasteiger charge is 2.34. The highest BCUT2D eigenvalue weighted by molar-refractivity contribution is 5.96. The van der Waals surface area contributed by atoms with Gasteiger partial charge in [0.2, 0.25) is 5.91 Å². The fourth-order valence-electron chi connectivity index (χ4n) is 3.08.